The second-order valence-electron chi connectivity index (χ2n) is 6.15. The molecule has 0 unspecified atom stereocenters. The van der Waals surface area contributed by atoms with E-state index < -0.39 is 0 Å². The number of carbonyl (C=O) groups is 3. The Morgan fingerprint density at radius 3 is 2.59 bits per heavy atom. The van der Waals surface area contributed by atoms with Crippen molar-refractivity contribution in [2.24, 2.45) is 5.10 Å². The lowest BCUT2D eigenvalue weighted by Crippen LogP contribution is -2.38. The maximum Gasteiger partial charge on any atom is 0.267 e. The number of anilines is 2. The molecular formula is C20H20N4O3. The number of hydrogen-bond acceptors (Lipinski definition) is 4. The summed E-state index contributed by atoms with van der Waals surface area (Å²) in [6.45, 7) is 1.74. The molecule has 2 aromatic carbocycles. The van der Waals surface area contributed by atoms with Crippen LogP contribution in [0.1, 0.15) is 25.3 Å². The van der Waals surface area contributed by atoms with Gasteiger partial charge < -0.3 is 10.6 Å². The third kappa shape index (κ3) is 4.78. The van der Waals surface area contributed by atoms with Gasteiger partial charge in [0.15, 0.2) is 0 Å². The smallest absolute Gasteiger partial charge is 0.267 e. The van der Waals surface area contributed by atoms with Crippen LogP contribution in [0.4, 0.5) is 11.4 Å². The van der Waals surface area contributed by atoms with Gasteiger partial charge in [0.25, 0.3) is 5.91 Å². The summed E-state index contributed by atoms with van der Waals surface area (Å²) in [5, 5.41) is 11.0. The fraction of sp³-hybridized carbons (Fsp3) is 0.200. The van der Waals surface area contributed by atoms with E-state index in [1.807, 2.05) is 24.3 Å². The Bertz CT molecular complexity index is 893. The summed E-state index contributed by atoms with van der Waals surface area (Å²) < 4.78 is 0. The Kier molecular flexibility index (Phi) is 5.61. The van der Waals surface area contributed by atoms with Crippen LogP contribution in [0.5, 0.6) is 0 Å². The lowest BCUT2D eigenvalue weighted by Gasteiger charge is -2.23. The van der Waals surface area contributed by atoms with Gasteiger partial charge in [-0.25, -0.2) is 5.01 Å². The van der Waals surface area contributed by atoms with Gasteiger partial charge in [-0.2, -0.15) is 5.10 Å². The van der Waals surface area contributed by atoms with Gasteiger partial charge in [0, 0.05) is 32.0 Å². The molecule has 7 nitrogen and oxygen atoms in total. The minimum atomic E-state index is -0.312. The molecule has 3 rings (SSSR count). The second-order valence-corrected chi connectivity index (χ2v) is 6.15. The third-order valence-corrected chi connectivity index (χ3v) is 4.00. The summed E-state index contributed by atoms with van der Waals surface area (Å²) in [7, 11) is 0. The molecule has 0 spiro atoms. The van der Waals surface area contributed by atoms with Crippen LogP contribution in [0.25, 0.3) is 0 Å². The number of nitrogens with one attached hydrogen (secondary N) is 2. The molecule has 0 saturated heterocycles. The van der Waals surface area contributed by atoms with Crippen molar-refractivity contribution in [2.75, 3.05) is 10.3 Å². The van der Waals surface area contributed by atoms with Crippen LogP contribution < -0.4 is 15.6 Å². The fourth-order valence-corrected chi connectivity index (χ4v) is 2.73. The van der Waals surface area contributed by atoms with Crippen LogP contribution in [-0.2, 0) is 20.9 Å². The molecule has 3 amide bonds. The van der Waals surface area contributed by atoms with Gasteiger partial charge in [-0.1, -0.05) is 30.3 Å². The largest absolute Gasteiger partial charge is 0.347 e. The predicted octanol–water partition coefficient (Wildman–Crippen LogP) is 2.44. The Labute approximate surface area is 157 Å². The van der Waals surface area contributed by atoms with Crippen LogP contribution in [0.15, 0.2) is 59.7 Å². The number of benzene rings is 2. The molecule has 1 heterocycles. The monoisotopic (exact) mass is 364 g/mol. The zero-order chi connectivity index (χ0) is 19.2. The number of hydrazone groups is 1. The summed E-state index contributed by atoms with van der Waals surface area (Å²) in [4.78, 5) is 35.7. The molecule has 0 atom stereocenters. The van der Waals surface area contributed by atoms with Crippen molar-refractivity contribution < 1.29 is 14.4 Å². The van der Waals surface area contributed by atoms with Crippen molar-refractivity contribution in [2.45, 2.75) is 26.3 Å². The maximum absolute atomic E-state index is 12.5. The zero-order valence-electron chi connectivity index (χ0n) is 14.9. The maximum atomic E-state index is 12.5. The molecule has 0 aliphatic carbocycles. The highest BCUT2D eigenvalue weighted by Crippen LogP contribution is 2.19. The quantitative estimate of drug-likeness (QED) is 0.854. The molecule has 1 aliphatic heterocycles. The minimum absolute atomic E-state index is 0.138. The molecule has 0 radical (unpaired) electrons. The van der Waals surface area contributed by atoms with E-state index in [0.29, 0.717) is 30.1 Å². The van der Waals surface area contributed by atoms with Crippen LogP contribution in [0.3, 0.4) is 0 Å². The first-order valence-electron chi connectivity index (χ1n) is 8.63. The first kappa shape index (κ1) is 18.3. The highest BCUT2D eigenvalue weighted by molar-refractivity contribution is 6.40. The molecule has 0 fully saturated rings. The third-order valence-electron chi connectivity index (χ3n) is 4.00. The molecule has 0 bridgehead atoms. The lowest BCUT2D eigenvalue weighted by molar-refractivity contribution is -0.119. The Morgan fingerprint density at radius 2 is 1.85 bits per heavy atom. The SMILES string of the molecule is CC(=O)Nc1cccc(CNC(=O)C2=NN(c3ccccc3)C(=O)CC2)c1. The average molecular weight is 364 g/mol. The number of nitrogens with zero attached hydrogens (tertiary/aromatic N) is 2. The standard InChI is InChI=1S/C20H20N4O3/c1-14(25)22-16-7-5-6-15(12-16)13-21-20(27)18-10-11-19(26)24(23-18)17-8-3-2-4-9-17/h2-9,12H,10-11,13H2,1H3,(H,21,27)(H,22,25). The Morgan fingerprint density at radius 1 is 1.07 bits per heavy atom. The zero-order valence-corrected chi connectivity index (χ0v) is 14.9. The Hall–Kier alpha value is -3.48. The van der Waals surface area contributed by atoms with Crippen molar-refractivity contribution in [1.29, 1.82) is 0 Å². The number of amides is 3. The van der Waals surface area contributed by atoms with Gasteiger partial charge in [0.05, 0.1) is 5.69 Å². The van der Waals surface area contributed by atoms with Crippen molar-refractivity contribution in [3.05, 3.63) is 60.2 Å². The summed E-state index contributed by atoms with van der Waals surface area (Å²) in [6, 6.07) is 16.3. The van der Waals surface area contributed by atoms with Gasteiger partial charge in [-0.3, -0.25) is 14.4 Å². The topological polar surface area (TPSA) is 90.9 Å². The normalized spacial score (nSPS) is 13.7. The predicted molar refractivity (Wildman–Crippen MR) is 103 cm³/mol. The molecule has 138 valence electrons. The molecule has 1 aliphatic rings. The van der Waals surface area contributed by atoms with E-state index in [1.54, 1.807) is 30.3 Å². The van der Waals surface area contributed by atoms with E-state index >= 15 is 0 Å². The van der Waals surface area contributed by atoms with Crippen molar-refractivity contribution >= 4 is 34.8 Å². The van der Waals surface area contributed by atoms with Crippen molar-refractivity contribution in [1.82, 2.24) is 5.32 Å². The fourth-order valence-electron chi connectivity index (χ4n) is 2.73. The van der Waals surface area contributed by atoms with Crippen molar-refractivity contribution in [3.8, 4) is 0 Å². The van der Waals surface area contributed by atoms with E-state index in [4.69, 9.17) is 0 Å². The van der Waals surface area contributed by atoms with Crippen LogP contribution in [-0.4, -0.2) is 23.4 Å². The van der Waals surface area contributed by atoms with E-state index in [1.165, 1.54) is 11.9 Å². The summed E-state index contributed by atoms with van der Waals surface area (Å²) in [5.41, 5.74) is 2.47. The average Bonchev–Trinajstić information content (AvgIpc) is 2.67. The molecule has 7 heteroatoms. The highest BCUT2D eigenvalue weighted by Gasteiger charge is 2.25. The van der Waals surface area contributed by atoms with Crippen LogP contribution >= 0.6 is 0 Å². The summed E-state index contributed by atoms with van der Waals surface area (Å²) in [5.74, 6) is -0.604. The molecule has 0 saturated carbocycles. The van der Waals surface area contributed by atoms with Gasteiger partial charge in [0.1, 0.15) is 5.71 Å². The number of hydrogen-bond donors (Lipinski definition) is 2. The van der Waals surface area contributed by atoms with Gasteiger partial charge >= 0.3 is 0 Å². The van der Waals surface area contributed by atoms with Crippen molar-refractivity contribution in [3.63, 3.8) is 0 Å². The van der Waals surface area contributed by atoms with E-state index in [0.717, 1.165) is 5.56 Å². The second kappa shape index (κ2) is 8.27. The molecule has 27 heavy (non-hydrogen) atoms. The molecule has 0 aromatic heterocycles. The number of carbonyl (C=O) groups excluding carboxylic acids is 3. The van der Waals surface area contributed by atoms with Crippen LogP contribution in [0, 0.1) is 0 Å². The summed E-state index contributed by atoms with van der Waals surface area (Å²) >= 11 is 0. The van der Waals surface area contributed by atoms with E-state index in [-0.39, 0.29) is 24.1 Å². The number of rotatable bonds is 5. The minimum Gasteiger partial charge on any atom is -0.347 e. The van der Waals surface area contributed by atoms with Gasteiger partial charge in [0.2, 0.25) is 11.8 Å². The highest BCUT2D eigenvalue weighted by atomic mass is 16.2. The summed E-state index contributed by atoms with van der Waals surface area (Å²) in [6.07, 6.45) is 0.541. The first-order valence-corrected chi connectivity index (χ1v) is 8.63. The molecule has 2 N–H and O–H groups in total. The Balaban J connectivity index is 1.67. The first-order chi connectivity index (χ1) is 13.0. The van der Waals surface area contributed by atoms with E-state index in [2.05, 4.69) is 15.7 Å². The molecule has 2 aromatic rings. The van der Waals surface area contributed by atoms with Gasteiger partial charge in [-0.05, 0) is 29.8 Å². The van der Waals surface area contributed by atoms with Gasteiger partial charge in [-0.15, -0.1) is 0 Å². The van der Waals surface area contributed by atoms with E-state index in [9.17, 15) is 14.4 Å². The number of para-hydroxylation sites is 1. The lowest BCUT2D eigenvalue weighted by atomic mass is 10.1. The van der Waals surface area contributed by atoms with Crippen LogP contribution in [0.2, 0.25) is 0 Å². The molecular weight excluding hydrogens is 344 g/mol.